The topological polar surface area (TPSA) is 26.3 Å². The van der Waals surface area contributed by atoms with E-state index in [1.54, 1.807) is 6.92 Å². The van der Waals surface area contributed by atoms with Crippen LogP contribution in [0.25, 0.3) is 0 Å². The first-order chi connectivity index (χ1) is 6.63. The van der Waals surface area contributed by atoms with Gasteiger partial charge in [-0.3, -0.25) is 4.79 Å². The molecule has 0 aliphatic carbocycles. The number of benzene rings is 1. The zero-order valence-electron chi connectivity index (χ0n) is 8.34. The summed E-state index contributed by atoms with van der Waals surface area (Å²) in [6.07, 6.45) is 0.505. The van der Waals surface area contributed by atoms with Gasteiger partial charge in [0.1, 0.15) is 16.1 Å². The summed E-state index contributed by atoms with van der Waals surface area (Å²) in [6, 6.07) is 5.87. The van der Waals surface area contributed by atoms with Crippen molar-refractivity contribution in [2.45, 2.75) is 20.3 Å². The maximum Gasteiger partial charge on any atom is 0.139 e. The Bertz CT molecular complexity index is 334. The Morgan fingerprint density at radius 2 is 2.21 bits per heavy atom. The quantitative estimate of drug-likeness (QED) is 0.631. The third-order valence-electron chi connectivity index (χ3n) is 1.90. The van der Waals surface area contributed by atoms with Gasteiger partial charge in [0.05, 0.1) is 0 Å². The van der Waals surface area contributed by atoms with E-state index >= 15 is 0 Å². The molecule has 0 N–H and O–H groups in total. The highest BCUT2D eigenvalue weighted by Crippen LogP contribution is 2.19. The normalized spacial score (nSPS) is 9.93. The lowest BCUT2D eigenvalue weighted by Gasteiger charge is -2.07. The zero-order chi connectivity index (χ0) is 10.6. The van der Waals surface area contributed by atoms with E-state index in [9.17, 15) is 4.79 Å². The molecule has 0 unspecified atom stereocenters. The van der Waals surface area contributed by atoms with Crippen LogP contribution in [0, 0.1) is 6.92 Å². The van der Waals surface area contributed by atoms with Gasteiger partial charge < -0.3 is 4.74 Å². The van der Waals surface area contributed by atoms with Crippen LogP contribution in [0.3, 0.4) is 0 Å². The van der Waals surface area contributed by atoms with E-state index in [0.29, 0.717) is 11.0 Å². The Morgan fingerprint density at radius 1 is 1.50 bits per heavy atom. The van der Waals surface area contributed by atoms with E-state index < -0.39 is 0 Å². The average molecular weight is 304 g/mol. The van der Waals surface area contributed by atoms with Crippen molar-refractivity contribution in [3.63, 3.8) is 0 Å². The van der Waals surface area contributed by atoms with Crippen LogP contribution in [-0.2, 0) is 11.2 Å². The molecule has 0 bridgehead atoms. The van der Waals surface area contributed by atoms with Gasteiger partial charge in [0.2, 0.25) is 0 Å². The molecular formula is C11H13IO2. The van der Waals surface area contributed by atoms with E-state index in [1.165, 1.54) is 0 Å². The SMILES string of the molecule is CC(=O)Cc1ccc(OCI)c(C)c1. The van der Waals surface area contributed by atoms with Crippen molar-refractivity contribution in [2.24, 2.45) is 0 Å². The predicted octanol–water partition coefficient (Wildman–Crippen LogP) is 2.90. The molecule has 0 amide bonds. The monoisotopic (exact) mass is 304 g/mol. The van der Waals surface area contributed by atoms with Gasteiger partial charge in [0, 0.05) is 6.42 Å². The minimum atomic E-state index is 0.187. The van der Waals surface area contributed by atoms with Crippen molar-refractivity contribution in [1.82, 2.24) is 0 Å². The summed E-state index contributed by atoms with van der Waals surface area (Å²) < 4.78 is 6.04. The van der Waals surface area contributed by atoms with Crippen molar-refractivity contribution >= 4 is 28.4 Å². The van der Waals surface area contributed by atoms with Gasteiger partial charge in [-0.2, -0.15) is 0 Å². The van der Waals surface area contributed by atoms with Crippen LogP contribution in [0.1, 0.15) is 18.1 Å². The molecule has 76 valence electrons. The maximum atomic E-state index is 10.9. The number of hydrogen-bond donors (Lipinski definition) is 0. The number of ether oxygens (including phenoxy) is 1. The van der Waals surface area contributed by atoms with Gasteiger partial charge in [-0.05, 0) is 53.6 Å². The van der Waals surface area contributed by atoms with E-state index in [2.05, 4.69) is 22.6 Å². The number of hydrogen-bond acceptors (Lipinski definition) is 2. The van der Waals surface area contributed by atoms with Gasteiger partial charge >= 0.3 is 0 Å². The first kappa shape index (κ1) is 11.5. The molecule has 0 fully saturated rings. The third kappa shape index (κ3) is 3.29. The minimum Gasteiger partial charge on any atom is -0.483 e. The number of ketones is 1. The van der Waals surface area contributed by atoms with Crippen molar-refractivity contribution < 1.29 is 9.53 Å². The lowest BCUT2D eigenvalue weighted by Crippen LogP contribution is -1.98. The molecule has 0 saturated heterocycles. The molecule has 14 heavy (non-hydrogen) atoms. The fourth-order valence-corrected chi connectivity index (χ4v) is 1.67. The number of carbonyl (C=O) groups is 1. The second kappa shape index (κ2) is 5.34. The Kier molecular flexibility index (Phi) is 4.38. The molecule has 0 spiro atoms. The van der Waals surface area contributed by atoms with Crippen molar-refractivity contribution in [3.05, 3.63) is 29.3 Å². The highest BCUT2D eigenvalue weighted by Gasteiger charge is 2.02. The molecule has 0 saturated carbocycles. The second-order valence-electron chi connectivity index (χ2n) is 3.23. The molecule has 0 heterocycles. The third-order valence-corrected chi connectivity index (χ3v) is 2.21. The number of aryl methyl sites for hydroxylation is 1. The van der Waals surface area contributed by atoms with Crippen LogP contribution in [0.5, 0.6) is 5.75 Å². The van der Waals surface area contributed by atoms with Gasteiger partial charge in [-0.25, -0.2) is 0 Å². The van der Waals surface area contributed by atoms with Gasteiger partial charge in [0.25, 0.3) is 0 Å². The van der Waals surface area contributed by atoms with Crippen LogP contribution < -0.4 is 4.74 Å². The molecule has 1 rings (SSSR count). The summed E-state index contributed by atoms with van der Waals surface area (Å²) >= 11 is 2.16. The van der Waals surface area contributed by atoms with Crippen molar-refractivity contribution in [3.8, 4) is 5.75 Å². The lowest BCUT2D eigenvalue weighted by molar-refractivity contribution is -0.116. The fourth-order valence-electron chi connectivity index (χ4n) is 1.33. The van der Waals surface area contributed by atoms with E-state index in [0.717, 1.165) is 16.9 Å². The Hall–Kier alpha value is -0.580. The minimum absolute atomic E-state index is 0.187. The number of rotatable bonds is 4. The first-order valence-electron chi connectivity index (χ1n) is 4.41. The van der Waals surface area contributed by atoms with Gasteiger partial charge in [0.15, 0.2) is 0 Å². The van der Waals surface area contributed by atoms with E-state index in [1.807, 2.05) is 25.1 Å². The van der Waals surface area contributed by atoms with Crippen LogP contribution in [0.4, 0.5) is 0 Å². The number of Topliss-reactive ketones (excluding diaryl/α,β-unsaturated/α-hetero) is 1. The summed E-state index contributed by atoms with van der Waals surface area (Å²) in [6.45, 7) is 3.59. The van der Waals surface area contributed by atoms with Gasteiger partial charge in [-0.1, -0.05) is 12.1 Å². The van der Waals surface area contributed by atoms with Crippen molar-refractivity contribution in [1.29, 1.82) is 0 Å². The molecule has 3 heteroatoms. The first-order valence-corrected chi connectivity index (χ1v) is 5.93. The Labute approximate surface area is 97.8 Å². The molecule has 0 radical (unpaired) electrons. The average Bonchev–Trinajstić information content (AvgIpc) is 2.09. The maximum absolute atomic E-state index is 10.9. The summed E-state index contributed by atoms with van der Waals surface area (Å²) in [4.78, 5) is 10.9. The number of halogens is 1. The molecule has 0 aliphatic rings. The van der Waals surface area contributed by atoms with Crippen LogP contribution in [0.2, 0.25) is 0 Å². The predicted molar refractivity (Wildman–Crippen MR) is 65.1 cm³/mol. The largest absolute Gasteiger partial charge is 0.483 e. The molecule has 0 aromatic heterocycles. The zero-order valence-corrected chi connectivity index (χ0v) is 10.5. The van der Waals surface area contributed by atoms with Crippen molar-refractivity contribution in [2.75, 3.05) is 4.61 Å². The summed E-state index contributed by atoms with van der Waals surface area (Å²) in [5.74, 6) is 1.08. The fraction of sp³-hybridized carbons (Fsp3) is 0.364. The molecule has 0 aliphatic heterocycles. The van der Waals surface area contributed by atoms with E-state index in [-0.39, 0.29) is 5.78 Å². The molecule has 2 nitrogen and oxygen atoms in total. The summed E-state index contributed by atoms with van der Waals surface area (Å²) in [5.41, 5.74) is 2.14. The number of carbonyl (C=O) groups excluding carboxylic acids is 1. The highest BCUT2D eigenvalue weighted by molar-refractivity contribution is 14.1. The van der Waals surface area contributed by atoms with Gasteiger partial charge in [-0.15, -0.1) is 0 Å². The second-order valence-corrected chi connectivity index (χ2v) is 3.85. The summed E-state index contributed by atoms with van der Waals surface area (Å²) in [7, 11) is 0. The Morgan fingerprint density at radius 3 is 2.71 bits per heavy atom. The highest BCUT2D eigenvalue weighted by atomic mass is 127. The smallest absolute Gasteiger partial charge is 0.139 e. The number of alkyl halides is 1. The molecule has 1 aromatic carbocycles. The van der Waals surface area contributed by atoms with E-state index in [4.69, 9.17) is 4.74 Å². The summed E-state index contributed by atoms with van der Waals surface area (Å²) in [5, 5.41) is 0. The standard InChI is InChI=1S/C11H13IO2/c1-8-5-10(6-9(2)13)3-4-11(8)14-7-12/h3-5H,6-7H2,1-2H3. The molecular weight excluding hydrogens is 291 g/mol. The molecule has 0 atom stereocenters. The molecule has 1 aromatic rings. The lowest BCUT2D eigenvalue weighted by atomic mass is 10.1. The van der Waals surface area contributed by atoms with Crippen LogP contribution >= 0.6 is 22.6 Å². The Balaban J connectivity index is 2.83. The van der Waals surface area contributed by atoms with Crippen LogP contribution in [-0.4, -0.2) is 10.4 Å². The van der Waals surface area contributed by atoms with Crippen LogP contribution in [0.15, 0.2) is 18.2 Å².